The smallest absolute Gasteiger partial charge is 0.308 e. The van der Waals surface area contributed by atoms with Gasteiger partial charge in [-0.1, -0.05) is 0 Å². The van der Waals surface area contributed by atoms with Crippen LogP contribution in [0.2, 0.25) is 0 Å². The van der Waals surface area contributed by atoms with Crippen LogP contribution in [-0.2, 0) is 14.3 Å². The van der Waals surface area contributed by atoms with E-state index in [4.69, 9.17) is 9.47 Å². The second-order valence-corrected chi connectivity index (χ2v) is 5.83. The first-order valence-electron chi connectivity index (χ1n) is 7.77. The number of aliphatic hydroxyl groups is 2. The van der Waals surface area contributed by atoms with Crippen molar-refractivity contribution < 1.29 is 24.5 Å². The number of carbonyl (C=O) groups excluding carboxylic acids is 1. The summed E-state index contributed by atoms with van der Waals surface area (Å²) in [7, 11) is 1.56. The summed E-state index contributed by atoms with van der Waals surface area (Å²) in [6.07, 6.45) is 2.66. The van der Waals surface area contributed by atoms with Crippen LogP contribution in [0.1, 0.15) is 39.0 Å². The molecule has 1 aliphatic carbocycles. The highest BCUT2D eigenvalue weighted by molar-refractivity contribution is 5.72. The number of methoxy groups -OCH3 is 1. The van der Waals surface area contributed by atoms with E-state index in [2.05, 4.69) is 5.32 Å². The summed E-state index contributed by atoms with van der Waals surface area (Å²) < 4.78 is 9.88. The molecule has 0 spiro atoms. The highest BCUT2D eigenvalue weighted by atomic mass is 16.5. The average molecular weight is 303 g/mol. The van der Waals surface area contributed by atoms with Crippen LogP contribution in [0.5, 0.6) is 0 Å². The summed E-state index contributed by atoms with van der Waals surface area (Å²) >= 11 is 0. The molecule has 0 aromatic heterocycles. The molecule has 1 fully saturated rings. The van der Waals surface area contributed by atoms with E-state index in [1.165, 1.54) is 0 Å². The predicted octanol–water partition coefficient (Wildman–Crippen LogP) is 0.458. The fraction of sp³-hybridized carbons (Fsp3) is 0.933. The molecule has 1 saturated carbocycles. The number of aliphatic hydroxyl groups excluding tert-OH is 1. The topological polar surface area (TPSA) is 88.0 Å². The Balaban J connectivity index is 2.20. The molecule has 3 N–H and O–H groups in total. The minimum absolute atomic E-state index is 0.0752. The number of hydrogen-bond donors (Lipinski definition) is 3. The number of rotatable bonds is 9. The van der Waals surface area contributed by atoms with Crippen LogP contribution in [-0.4, -0.2) is 61.3 Å². The Morgan fingerprint density at radius 2 is 2.10 bits per heavy atom. The molecular formula is C15H29NO5. The van der Waals surface area contributed by atoms with Crippen molar-refractivity contribution in [2.75, 3.05) is 33.4 Å². The molecule has 0 aromatic carbocycles. The van der Waals surface area contributed by atoms with E-state index in [1.54, 1.807) is 14.0 Å². The minimum Gasteiger partial charge on any atom is -0.466 e. The van der Waals surface area contributed by atoms with Crippen LogP contribution in [0.15, 0.2) is 0 Å². The molecule has 0 amide bonds. The predicted molar refractivity (Wildman–Crippen MR) is 78.9 cm³/mol. The Morgan fingerprint density at radius 3 is 2.67 bits per heavy atom. The molecule has 0 saturated heterocycles. The molecule has 0 radical (unpaired) electrons. The molecule has 0 heterocycles. The lowest BCUT2D eigenvalue weighted by Gasteiger charge is -2.35. The SMILES string of the molecule is CCOC(=O)C1CCC(O)(CNCCC(O)COC)CC1. The van der Waals surface area contributed by atoms with E-state index < -0.39 is 11.7 Å². The van der Waals surface area contributed by atoms with Gasteiger partial charge in [-0.05, 0) is 45.6 Å². The number of hydrogen-bond acceptors (Lipinski definition) is 6. The molecule has 1 rings (SSSR count). The molecule has 0 bridgehead atoms. The molecule has 0 aliphatic heterocycles. The van der Waals surface area contributed by atoms with Gasteiger partial charge in [-0.25, -0.2) is 0 Å². The average Bonchev–Trinajstić information content (AvgIpc) is 2.45. The van der Waals surface area contributed by atoms with Gasteiger partial charge in [0.25, 0.3) is 0 Å². The van der Waals surface area contributed by atoms with Crippen molar-refractivity contribution in [1.29, 1.82) is 0 Å². The van der Waals surface area contributed by atoms with Gasteiger partial charge < -0.3 is 25.0 Å². The lowest BCUT2D eigenvalue weighted by atomic mass is 9.79. The zero-order valence-electron chi connectivity index (χ0n) is 13.1. The normalized spacial score (nSPS) is 27.3. The van der Waals surface area contributed by atoms with Gasteiger partial charge in [0.1, 0.15) is 0 Å². The van der Waals surface area contributed by atoms with E-state index >= 15 is 0 Å². The molecule has 21 heavy (non-hydrogen) atoms. The van der Waals surface area contributed by atoms with Gasteiger partial charge in [-0.15, -0.1) is 0 Å². The Bertz CT molecular complexity index is 302. The van der Waals surface area contributed by atoms with Gasteiger partial charge in [0.2, 0.25) is 0 Å². The van der Waals surface area contributed by atoms with Gasteiger partial charge in [-0.2, -0.15) is 0 Å². The Morgan fingerprint density at radius 1 is 1.43 bits per heavy atom. The Hall–Kier alpha value is -0.690. The van der Waals surface area contributed by atoms with E-state index in [-0.39, 0.29) is 11.9 Å². The maximum absolute atomic E-state index is 11.6. The van der Waals surface area contributed by atoms with Crippen LogP contribution in [0.25, 0.3) is 0 Å². The zero-order valence-corrected chi connectivity index (χ0v) is 13.1. The molecule has 6 heteroatoms. The number of nitrogens with one attached hydrogen (secondary N) is 1. The van der Waals surface area contributed by atoms with Crippen molar-refractivity contribution in [1.82, 2.24) is 5.32 Å². The van der Waals surface area contributed by atoms with Crippen LogP contribution in [0, 0.1) is 5.92 Å². The molecule has 0 aromatic rings. The van der Waals surface area contributed by atoms with Crippen LogP contribution < -0.4 is 5.32 Å². The monoisotopic (exact) mass is 303 g/mol. The third-order valence-electron chi connectivity index (χ3n) is 4.00. The number of esters is 1. The van der Waals surface area contributed by atoms with Crippen molar-refractivity contribution in [3.05, 3.63) is 0 Å². The van der Waals surface area contributed by atoms with Crippen molar-refractivity contribution in [2.45, 2.75) is 50.7 Å². The maximum Gasteiger partial charge on any atom is 0.308 e. The van der Waals surface area contributed by atoms with E-state index in [9.17, 15) is 15.0 Å². The zero-order chi connectivity index (χ0) is 15.7. The highest BCUT2D eigenvalue weighted by Gasteiger charge is 2.35. The minimum atomic E-state index is -0.755. The first kappa shape index (κ1) is 18.4. The Kier molecular flexibility index (Phi) is 8.18. The third kappa shape index (κ3) is 6.74. The largest absolute Gasteiger partial charge is 0.466 e. The van der Waals surface area contributed by atoms with Gasteiger partial charge >= 0.3 is 5.97 Å². The fourth-order valence-corrected chi connectivity index (χ4v) is 2.69. The van der Waals surface area contributed by atoms with Gasteiger partial charge in [0.15, 0.2) is 0 Å². The highest BCUT2D eigenvalue weighted by Crippen LogP contribution is 2.32. The molecule has 1 aliphatic rings. The van der Waals surface area contributed by atoms with E-state index in [0.29, 0.717) is 58.4 Å². The van der Waals surface area contributed by atoms with Crippen molar-refractivity contribution in [2.24, 2.45) is 5.92 Å². The standard InChI is InChI=1S/C15H29NO5/c1-3-21-14(18)12-4-7-15(19,8-5-12)11-16-9-6-13(17)10-20-2/h12-13,16-17,19H,3-11H2,1-2H3. The van der Waals surface area contributed by atoms with Crippen molar-refractivity contribution >= 4 is 5.97 Å². The van der Waals surface area contributed by atoms with Crippen LogP contribution in [0.4, 0.5) is 0 Å². The molecule has 6 nitrogen and oxygen atoms in total. The molecule has 1 unspecified atom stereocenters. The summed E-state index contributed by atoms with van der Waals surface area (Å²) in [6.45, 7) is 3.66. The maximum atomic E-state index is 11.6. The lowest BCUT2D eigenvalue weighted by Crippen LogP contribution is -2.45. The summed E-state index contributed by atoms with van der Waals surface area (Å²) in [6, 6.07) is 0. The van der Waals surface area contributed by atoms with Crippen LogP contribution >= 0.6 is 0 Å². The van der Waals surface area contributed by atoms with E-state index in [1.807, 2.05) is 0 Å². The van der Waals surface area contributed by atoms with Gasteiger partial charge in [0.05, 0.1) is 30.8 Å². The van der Waals surface area contributed by atoms with Crippen molar-refractivity contribution in [3.63, 3.8) is 0 Å². The second kappa shape index (κ2) is 9.35. The first-order chi connectivity index (χ1) is 10.0. The summed E-state index contributed by atoms with van der Waals surface area (Å²) in [5, 5.41) is 23.2. The molecule has 1 atom stereocenters. The lowest BCUT2D eigenvalue weighted by molar-refractivity contribution is -0.151. The van der Waals surface area contributed by atoms with Crippen molar-refractivity contribution in [3.8, 4) is 0 Å². The summed E-state index contributed by atoms with van der Waals surface area (Å²) in [4.78, 5) is 11.6. The van der Waals surface area contributed by atoms with Crippen LogP contribution in [0.3, 0.4) is 0 Å². The first-order valence-corrected chi connectivity index (χ1v) is 7.77. The number of ether oxygens (including phenoxy) is 2. The third-order valence-corrected chi connectivity index (χ3v) is 4.00. The second-order valence-electron chi connectivity index (χ2n) is 5.83. The molecular weight excluding hydrogens is 274 g/mol. The fourth-order valence-electron chi connectivity index (χ4n) is 2.69. The Labute approximate surface area is 126 Å². The summed E-state index contributed by atoms with van der Waals surface area (Å²) in [5.41, 5.74) is -0.755. The molecule has 124 valence electrons. The number of carbonyl (C=O) groups is 1. The van der Waals surface area contributed by atoms with E-state index in [0.717, 1.165) is 0 Å². The summed E-state index contributed by atoms with van der Waals surface area (Å²) in [5.74, 6) is -0.219. The van der Waals surface area contributed by atoms with Gasteiger partial charge in [-0.3, -0.25) is 4.79 Å². The quantitative estimate of drug-likeness (QED) is 0.424. The van der Waals surface area contributed by atoms with Gasteiger partial charge in [0, 0.05) is 13.7 Å².